The van der Waals surface area contributed by atoms with Crippen molar-refractivity contribution in [2.45, 2.75) is 347 Å². The summed E-state index contributed by atoms with van der Waals surface area (Å²) in [6, 6.07) is -0.548. The predicted molar refractivity (Wildman–Crippen MR) is 287 cm³/mol. The summed E-state index contributed by atoms with van der Waals surface area (Å²) < 4.78 is 5.46. The van der Waals surface area contributed by atoms with Crippen LogP contribution in [-0.2, 0) is 14.3 Å². The van der Waals surface area contributed by atoms with E-state index in [1.807, 2.05) is 0 Å². The smallest absolute Gasteiger partial charge is 0.305 e. The molecular weight excluding hydrogens is 815 g/mol. The van der Waals surface area contributed by atoms with Gasteiger partial charge in [-0.2, -0.15) is 0 Å². The van der Waals surface area contributed by atoms with Crippen molar-refractivity contribution < 1.29 is 24.5 Å². The third-order valence-corrected chi connectivity index (χ3v) is 14.1. The minimum absolute atomic E-state index is 0.00433. The van der Waals surface area contributed by atoms with E-state index in [1.54, 1.807) is 0 Å². The van der Waals surface area contributed by atoms with Crippen LogP contribution < -0.4 is 5.32 Å². The SMILES string of the molecule is CCCCCCCCCCCCCCCCCCCCCC(O)C(CO)NC(=O)CCCCCCCCC/C=C\CCCCCCCCCCOC(=O)CCCCCCCCCCCCC. The van der Waals surface area contributed by atoms with Crippen LogP contribution in [0, 0.1) is 0 Å². The second-order valence-corrected chi connectivity index (χ2v) is 20.7. The summed E-state index contributed by atoms with van der Waals surface area (Å²) in [6.07, 6.45) is 66.4. The van der Waals surface area contributed by atoms with Crippen LogP contribution in [0.4, 0.5) is 0 Å². The van der Waals surface area contributed by atoms with Crippen LogP contribution in [0.1, 0.15) is 335 Å². The second-order valence-electron chi connectivity index (χ2n) is 20.7. The Morgan fingerprint density at radius 2 is 0.712 bits per heavy atom. The molecule has 6 heteroatoms. The van der Waals surface area contributed by atoms with E-state index in [9.17, 15) is 19.8 Å². The summed E-state index contributed by atoms with van der Waals surface area (Å²) in [5, 5.41) is 23.3. The fourth-order valence-electron chi connectivity index (χ4n) is 9.46. The molecule has 0 rings (SSSR count). The summed E-state index contributed by atoms with van der Waals surface area (Å²) in [4.78, 5) is 24.5. The van der Waals surface area contributed by atoms with Crippen LogP contribution in [-0.4, -0.2) is 47.4 Å². The number of rotatable bonds is 56. The molecule has 66 heavy (non-hydrogen) atoms. The van der Waals surface area contributed by atoms with Gasteiger partial charge < -0.3 is 20.3 Å². The van der Waals surface area contributed by atoms with Gasteiger partial charge in [-0.3, -0.25) is 9.59 Å². The zero-order valence-corrected chi connectivity index (χ0v) is 44.7. The number of unbranched alkanes of at least 4 members (excludes halogenated alkanes) is 43. The molecule has 0 aliphatic rings. The molecule has 0 saturated heterocycles. The quantitative estimate of drug-likeness (QED) is 0.0321. The number of carbonyl (C=O) groups excluding carboxylic acids is 2. The first-order valence-electron chi connectivity index (χ1n) is 29.9. The monoisotopic (exact) mass is 932 g/mol. The number of esters is 1. The number of carbonyl (C=O) groups is 2. The predicted octanol–water partition coefficient (Wildman–Crippen LogP) is 18.5. The fraction of sp³-hybridized carbons (Fsp3) is 0.933. The molecular formula is C60H117NO5. The largest absolute Gasteiger partial charge is 0.466 e. The van der Waals surface area contributed by atoms with Gasteiger partial charge in [-0.05, 0) is 51.4 Å². The zero-order valence-electron chi connectivity index (χ0n) is 44.7. The lowest BCUT2D eigenvalue weighted by atomic mass is 10.0. The van der Waals surface area contributed by atoms with Gasteiger partial charge in [-0.1, -0.05) is 283 Å². The highest BCUT2D eigenvalue weighted by molar-refractivity contribution is 5.76. The number of allylic oxidation sites excluding steroid dienone is 2. The first kappa shape index (κ1) is 64.6. The van der Waals surface area contributed by atoms with E-state index in [4.69, 9.17) is 4.74 Å². The number of nitrogens with one attached hydrogen (secondary N) is 1. The number of aliphatic hydroxyl groups excluding tert-OH is 2. The number of hydrogen-bond acceptors (Lipinski definition) is 5. The van der Waals surface area contributed by atoms with Crippen LogP contribution in [0.25, 0.3) is 0 Å². The molecule has 6 nitrogen and oxygen atoms in total. The number of ether oxygens (including phenoxy) is 1. The van der Waals surface area contributed by atoms with Crippen molar-refractivity contribution in [1.82, 2.24) is 5.32 Å². The van der Waals surface area contributed by atoms with Gasteiger partial charge >= 0.3 is 5.97 Å². The third-order valence-electron chi connectivity index (χ3n) is 14.1. The van der Waals surface area contributed by atoms with E-state index in [-0.39, 0.29) is 18.5 Å². The first-order chi connectivity index (χ1) is 32.5. The molecule has 0 aliphatic heterocycles. The van der Waals surface area contributed by atoms with Gasteiger partial charge in [0.15, 0.2) is 0 Å². The van der Waals surface area contributed by atoms with Crippen LogP contribution in [0.2, 0.25) is 0 Å². The van der Waals surface area contributed by atoms with Crippen molar-refractivity contribution in [2.24, 2.45) is 0 Å². The average molecular weight is 933 g/mol. The maximum absolute atomic E-state index is 12.5. The van der Waals surface area contributed by atoms with E-state index in [1.165, 1.54) is 257 Å². The van der Waals surface area contributed by atoms with Crippen molar-refractivity contribution in [3.8, 4) is 0 Å². The minimum Gasteiger partial charge on any atom is -0.466 e. The molecule has 0 aliphatic carbocycles. The molecule has 0 heterocycles. The van der Waals surface area contributed by atoms with Gasteiger partial charge in [0.2, 0.25) is 5.91 Å². The first-order valence-corrected chi connectivity index (χ1v) is 29.9. The molecule has 392 valence electrons. The molecule has 0 aromatic heterocycles. The third kappa shape index (κ3) is 52.0. The molecule has 3 N–H and O–H groups in total. The molecule has 0 saturated carbocycles. The summed E-state index contributed by atoms with van der Waals surface area (Å²) in [7, 11) is 0. The highest BCUT2D eigenvalue weighted by Crippen LogP contribution is 2.18. The summed E-state index contributed by atoms with van der Waals surface area (Å²) in [5.41, 5.74) is 0. The van der Waals surface area contributed by atoms with Crippen LogP contribution >= 0.6 is 0 Å². The summed E-state index contributed by atoms with van der Waals surface area (Å²) in [5.74, 6) is -0.0370. The van der Waals surface area contributed by atoms with Crippen LogP contribution in [0.3, 0.4) is 0 Å². The molecule has 2 unspecified atom stereocenters. The number of aliphatic hydroxyl groups is 2. The van der Waals surface area contributed by atoms with Gasteiger partial charge in [0.25, 0.3) is 0 Å². The molecule has 0 aromatic rings. The van der Waals surface area contributed by atoms with Gasteiger partial charge in [-0.15, -0.1) is 0 Å². The Morgan fingerprint density at radius 3 is 1.08 bits per heavy atom. The lowest BCUT2D eigenvalue weighted by Crippen LogP contribution is -2.45. The van der Waals surface area contributed by atoms with Crippen molar-refractivity contribution in [3.05, 3.63) is 12.2 Å². The standard InChI is InChI=1S/C60H117NO5/c1-3-5-7-9-11-13-15-16-17-18-20-23-26-29-33-36-40-44-48-52-58(63)57(56-62)61-59(64)53-49-45-41-37-34-30-27-24-21-19-22-25-28-31-35-39-43-47-51-55-66-60(65)54-50-46-42-38-32-14-12-10-8-6-4-2/h19,21,57-58,62-63H,3-18,20,22-56H2,1-2H3,(H,61,64)/b21-19-. The molecule has 0 aromatic carbocycles. The molecule has 2 atom stereocenters. The summed E-state index contributed by atoms with van der Waals surface area (Å²) >= 11 is 0. The fourth-order valence-corrected chi connectivity index (χ4v) is 9.46. The Hall–Kier alpha value is -1.40. The Morgan fingerprint density at radius 1 is 0.409 bits per heavy atom. The highest BCUT2D eigenvalue weighted by Gasteiger charge is 2.20. The molecule has 0 fully saturated rings. The Bertz CT molecular complexity index is 986. The topological polar surface area (TPSA) is 95.9 Å². The van der Waals surface area contributed by atoms with Crippen LogP contribution in [0.15, 0.2) is 12.2 Å². The number of amides is 1. The van der Waals surface area contributed by atoms with E-state index < -0.39 is 12.1 Å². The molecule has 0 spiro atoms. The zero-order chi connectivity index (χ0) is 47.9. The Balaban J connectivity index is 3.44. The van der Waals surface area contributed by atoms with Crippen LogP contribution in [0.5, 0.6) is 0 Å². The van der Waals surface area contributed by atoms with E-state index in [2.05, 4.69) is 31.3 Å². The lowest BCUT2D eigenvalue weighted by Gasteiger charge is -2.22. The minimum atomic E-state index is -0.670. The van der Waals surface area contributed by atoms with Gasteiger partial charge in [-0.25, -0.2) is 0 Å². The maximum atomic E-state index is 12.5. The van der Waals surface area contributed by atoms with E-state index in [0.29, 0.717) is 25.9 Å². The normalized spacial score (nSPS) is 12.6. The maximum Gasteiger partial charge on any atom is 0.305 e. The Labute approximate surface area is 412 Å². The molecule has 0 bridgehead atoms. The van der Waals surface area contributed by atoms with Crippen molar-refractivity contribution >= 4 is 11.9 Å². The van der Waals surface area contributed by atoms with Crippen molar-refractivity contribution in [2.75, 3.05) is 13.2 Å². The van der Waals surface area contributed by atoms with Crippen molar-refractivity contribution in [1.29, 1.82) is 0 Å². The molecule has 0 radical (unpaired) electrons. The van der Waals surface area contributed by atoms with Gasteiger partial charge in [0.05, 0.1) is 25.4 Å². The molecule has 1 amide bonds. The Kier molecular flexibility index (Phi) is 55.0. The lowest BCUT2D eigenvalue weighted by molar-refractivity contribution is -0.143. The summed E-state index contributed by atoms with van der Waals surface area (Å²) in [6.45, 7) is 4.96. The van der Waals surface area contributed by atoms with E-state index >= 15 is 0 Å². The van der Waals surface area contributed by atoms with Gasteiger partial charge in [0, 0.05) is 12.8 Å². The highest BCUT2D eigenvalue weighted by atomic mass is 16.5. The average Bonchev–Trinajstić information content (AvgIpc) is 3.32. The number of hydrogen-bond donors (Lipinski definition) is 3. The van der Waals surface area contributed by atoms with Crippen molar-refractivity contribution in [3.63, 3.8) is 0 Å². The second kappa shape index (κ2) is 56.2. The van der Waals surface area contributed by atoms with Gasteiger partial charge in [0.1, 0.15) is 0 Å². The van der Waals surface area contributed by atoms with E-state index in [0.717, 1.165) is 44.9 Å².